The van der Waals surface area contributed by atoms with Gasteiger partial charge in [-0.05, 0) is 43.6 Å². The molecule has 0 spiro atoms. The third-order valence-electron chi connectivity index (χ3n) is 7.16. The van der Waals surface area contributed by atoms with E-state index in [1.807, 2.05) is 5.32 Å². The molecule has 1 aliphatic heterocycles. The predicted molar refractivity (Wildman–Crippen MR) is 108 cm³/mol. The molecule has 6 nitrogen and oxygen atoms in total. The Morgan fingerprint density at radius 3 is 2.41 bits per heavy atom. The molecule has 12 heteroatoms. The van der Waals surface area contributed by atoms with E-state index in [9.17, 15) is 26.7 Å². The summed E-state index contributed by atoms with van der Waals surface area (Å²) in [6.45, 7) is -0.609. The molecule has 2 amide bonds. The van der Waals surface area contributed by atoms with E-state index in [4.69, 9.17) is 10.2 Å². The zero-order chi connectivity index (χ0) is 24.4. The van der Waals surface area contributed by atoms with Gasteiger partial charge in [0.25, 0.3) is 0 Å². The highest BCUT2D eigenvalue weighted by atomic mass is 19.4. The highest BCUT2D eigenvalue weighted by Gasteiger charge is 2.51. The fraction of sp³-hybridized carbons (Fsp3) is 0.636. The minimum Gasteiger partial charge on any atom is -0.439 e. The summed E-state index contributed by atoms with van der Waals surface area (Å²) in [5.74, 6) is -3.93. The first kappa shape index (κ1) is 23.3. The van der Waals surface area contributed by atoms with Gasteiger partial charge in [0.2, 0.25) is 11.8 Å². The van der Waals surface area contributed by atoms with Crippen LogP contribution in [0.25, 0.3) is 11.1 Å². The molecule has 2 heterocycles. The molecule has 0 unspecified atom stereocenters. The van der Waals surface area contributed by atoms with Crippen LogP contribution in [0.15, 0.2) is 16.5 Å². The molecule has 5 rings (SSSR count). The highest BCUT2D eigenvalue weighted by Crippen LogP contribution is 2.48. The number of nitrogens with two attached hydrogens (primary N) is 1. The molecule has 34 heavy (non-hydrogen) atoms. The minimum absolute atomic E-state index is 0.0280. The van der Waals surface area contributed by atoms with Crippen LogP contribution >= 0.6 is 0 Å². The lowest BCUT2D eigenvalue weighted by Gasteiger charge is -2.30. The van der Waals surface area contributed by atoms with E-state index in [1.165, 1.54) is 12.1 Å². The van der Waals surface area contributed by atoms with Crippen LogP contribution in [0.3, 0.4) is 0 Å². The summed E-state index contributed by atoms with van der Waals surface area (Å²) in [6.07, 6.45) is -3.49. The van der Waals surface area contributed by atoms with Gasteiger partial charge in [0, 0.05) is 18.4 Å². The average molecular weight is 490 g/mol. The fourth-order valence-corrected chi connectivity index (χ4v) is 5.06. The van der Waals surface area contributed by atoms with E-state index in [1.54, 1.807) is 0 Å². The first-order valence-electron chi connectivity index (χ1n) is 11.3. The van der Waals surface area contributed by atoms with Crippen LogP contribution < -0.4 is 11.1 Å². The number of urea groups is 1. The SMILES string of the molecule is N[C@H](c1nc2c(F)c([C@@H](C3CC3)N3C[C@H](C(F)(F)F)NC3=O)ccc2o1)C1CCC(F)(F)CC1. The van der Waals surface area contributed by atoms with Gasteiger partial charge < -0.3 is 20.4 Å². The topological polar surface area (TPSA) is 84.4 Å². The Kier molecular flexibility index (Phi) is 5.49. The smallest absolute Gasteiger partial charge is 0.410 e. The number of aromatic nitrogens is 1. The number of alkyl halides is 5. The van der Waals surface area contributed by atoms with Gasteiger partial charge in [-0.15, -0.1) is 0 Å². The van der Waals surface area contributed by atoms with Gasteiger partial charge >= 0.3 is 12.2 Å². The first-order valence-corrected chi connectivity index (χ1v) is 11.3. The molecule has 0 bridgehead atoms. The number of fused-ring (bicyclic) bond motifs is 1. The summed E-state index contributed by atoms with van der Waals surface area (Å²) < 4.78 is 87.7. The Morgan fingerprint density at radius 2 is 1.82 bits per heavy atom. The van der Waals surface area contributed by atoms with Gasteiger partial charge in [-0.25, -0.2) is 22.9 Å². The summed E-state index contributed by atoms with van der Waals surface area (Å²) >= 11 is 0. The van der Waals surface area contributed by atoms with Gasteiger partial charge in [-0.1, -0.05) is 6.07 Å². The molecular formula is C22H24F6N4O2. The van der Waals surface area contributed by atoms with Gasteiger partial charge in [0.05, 0.1) is 18.6 Å². The van der Waals surface area contributed by atoms with Crippen molar-refractivity contribution < 1.29 is 35.6 Å². The second kappa shape index (κ2) is 8.03. The van der Waals surface area contributed by atoms with Crippen LogP contribution in [0.2, 0.25) is 0 Å². The first-order chi connectivity index (χ1) is 15.9. The summed E-state index contributed by atoms with van der Waals surface area (Å²) in [5, 5.41) is 1.93. The standard InChI is InChI=1S/C22H24F6N4O2/c23-15-12(18(11-1-2-11)32-9-14(22(26,27)28)30-20(32)33)3-4-13-17(15)31-19(34-13)16(29)10-5-7-21(24,25)8-6-10/h3-4,10-11,14,16,18H,1-2,5-9,29H2,(H,30,33)/t14-,16+,18-/m1/s1. The second-order valence-electron chi connectivity index (χ2n) is 9.57. The Labute approximate surface area is 190 Å². The number of nitrogens with one attached hydrogen (secondary N) is 1. The van der Waals surface area contributed by atoms with Crippen LogP contribution in [0, 0.1) is 17.7 Å². The molecule has 1 aromatic heterocycles. The van der Waals surface area contributed by atoms with Gasteiger partial charge in [-0.2, -0.15) is 13.2 Å². The number of carbonyl (C=O) groups excluding carboxylic acids is 1. The number of nitrogens with zero attached hydrogens (tertiary/aromatic N) is 2. The van der Waals surface area contributed by atoms with Crippen LogP contribution in [-0.2, 0) is 0 Å². The molecule has 3 aliphatic rings. The lowest BCUT2D eigenvalue weighted by atomic mass is 9.82. The number of hydrogen-bond acceptors (Lipinski definition) is 4. The van der Waals surface area contributed by atoms with Crippen molar-refractivity contribution in [3.63, 3.8) is 0 Å². The molecule has 2 saturated carbocycles. The zero-order valence-electron chi connectivity index (χ0n) is 18.0. The molecule has 3 atom stereocenters. The zero-order valence-corrected chi connectivity index (χ0v) is 18.0. The molecule has 1 aromatic carbocycles. The largest absolute Gasteiger partial charge is 0.439 e. The van der Waals surface area contributed by atoms with Crippen LogP contribution in [0.5, 0.6) is 0 Å². The van der Waals surface area contributed by atoms with Crippen molar-refractivity contribution >= 4 is 17.1 Å². The highest BCUT2D eigenvalue weighted by molar-refractivity contribution is 5.79. The van der Waals surface area contributed by atoms with Crippen molar-refractivity contribution in [3.05, 3.63) is 29.4 Å². The lowest BCUT2D eigenvalue weighted by molar-refractivity contribution is -0.150. The third-order valence-corrected chi connectivity index (χ3v) is 7.16. The number of hydrogen-bond donors (Lipinski definition) is 2. The summed E-state index contributed by atoms with van der Waals surface area (Å²) in [5.41, 5.74) is 6.24. The number of carbonyl (C=O) groups is 1. The van der Waals surface area contributed by atoms with Gasteiger partial charge in [0.1, 0.15) is 11.6 Å². The second-order valence-corrected chi connectivity index (χ2v) is 9.57. The predicted octanol–water partition coefficient (Wildman–Crippen LogP) is 5.20. The maximum atomic E-state index is 15.6. The number of benzene rings is 1. The van der Waals surface area contributed by atoms with Crippen LogP contribution in [0.4, 0.5) is 31.1 Å². The molecule has 1 saturated heterocycles. The number of oxazole rings is 1. The van der Waals surface area contributed by atoms with E-state index in [0.717, 1.165) is 4.90 Å². The van der Waals surface area contributed by atoms with Crippen LogP contribution in [0.1, 0.15) is 62.1 Å². The van der Waals surface area contributed by atoms with Crippen molar-refractivity contribution in [3.8, 4) is 0 Å². The van der Waals surface area contributed by atoms with E-state index >= 15 is 4.39 Å². The third kappa shape index (κ3) is 4.20. The van der Waals surface area contributed by atoms with Crippen molar-refractivity contribution in [2.24, 2.45) is 17.6 Å². The average Bonchev–Trinajstić information content (AvgIpc) is 3.36. The van der Waals surface area contributed by atoms with Gasteiger partial charge in [0.15, 0.2) is 11.4 Å². The van der Waals surface area contributed by atoms with E-state index in [2.05, 4.69) is 4.98 Å². The summed E-state index contributed by atoms with van der Waals surface area (Å²) in [6, 6.07) is -1.72. The molecule has 2 aliphatic carbocycles. The van der Waals surface area contributed by atoms with Crippen molar-refractivity contribution in [2.75, 3.05) is 6.54 Å². The van der Waals surface area contributed by atoms with Crippen LogP contribution in [-0.4, -0.2) is 40.6 Å². The molecular weight excluding hydrogens is 466 g/mol. The molecule has 3 N–H and O–H groups in total. The Hall–Kier alpha value is -2.50. The van der Waals surface area contributed by atoms with Gasteiger partial charge in [-0.3, -0.25) is 0 Å². The summed E-state index contributed by atoms with van der Waals surface area (Å²) in [7, 11) is 0. The lowest BCUT2D eigenvalue weighted by Crippen LogP contribution is -2.40. The summed E-state index contributed by atoms with van der Waals surface area (Å²) in [4.78, 5) is 17.6. The van der Waals surface area contributed by atoms with Crippen molar-refractivity contribution in [1.82, 2.24) is 15.2 Å². The normalized spacial score (nSPS) is 25.6. The molecule has 2 aromatic rings. The fourth-order valence-electron chi connectivity index (χ4n) is 5.06. The number of rotatable bonds is 5. The van der Waals surface area contributed by atoms with Crippen molar-refractivity contribution in [2.45, 2.75) is 68.7 Å². The van der Waals surface area contributed by atoms with E-state index < -0.39 is 48.6 Å². The Balaban J connectivity index is 1.43. The minimum atomic E-state index is -4.61. The Morgan fingerprint density at radius 1 is 1.15 bits per heavy atom. The maximum Gasteiger partial charge on any atom is 0.410 e. The van der Waals surface area contributed by atoms with E-state index in [0.29, 0.717) is 12.8 Å². The van der Waals surface area contributed by atoms with Crippen molar-refractivity contribution in [1.29, 1.82) is 0 Å². The Bertz CT molecular complexity index is 1090. The molecule has 3 fully saturated rings. The molecule has 0 radical (unpaired) electrons. The molecule has 186 valence electrons. The number of halogens is 6. The maximum absolute atomic E-state index is 15.6. The number of amides is 2. The van der Waals surface area contributed by atoms with E-state index in [-0.39, 0.29) is 60.1 Å². The monoisotopic (exact) mass is 490 g/mol. The quantitative estimate of drug-likeness (QED) is 0.565.